The van der Waals surface area contributed by atoms with Gasteiger partial charge in [-0.25, -0.2) is 0 Å². The minimum Gasteiger partial charge on any atom is -0.308 e. The Hall–Kier alpha value is -1.85. The normalized spacial score (nSPS) is 18.7. The molecule has 2 atom stereocenters. The molecule has 1 aromatic carbocycles. The van der Waals surface area contributed by atoms with Crippen LogP contribution in [0.1, 0.15) is 37.8 Å². The number of rotatable bonds is 4. The number of amides is 1. The van der Waals surface area contributed by atoms with Gasteiger partial charge in [0.2, 0.25) is 5.91 Å². The summed E-state index contributed by atoms with van der Waals surface area (Å²) in [4.78, 5) is 12.2. The maximum atomic E-state index is 12.2. The minimum atomic E-state index is -0.0922. The third-order valence-electron chi connectivity index (χ3n) is 4.17. The number of aromatic nitrogens is 2. The quantitative estimate of drug-likeness (QED) is 0.903. The Morgan fingerprint density at radius 2 is 2.09 bits per heavy atom. The number of carbonyl (C=O) groups excluding carboxylic acids is 1. The molecule has 0 spiro atoms. The maximum Gasteiger partial charge on any atom is 0.242 e. The standard InChI is InChI=1S/C17H22N4O.ClH/c1-13(14-7-3-2-4-8-14)21-12-10-16(20-21)19-17(22)15-9-5-6-11-18-15;/h2-4,7-8,10,12-13,15,18H,5-6,9,11H2,1H3,(H,19,20,22);1H/t13?,15-;/m0./s1. The number of benzene rings is 1. The largest absolute Gasteiger partial charge is 0.308 e. The van der Waals surface area contributed by atoms with E-state index in [1.807, 2.05) is 35.1 Å². The molecule has 2 heterocycles. The Kier molecular flexibility index (Phi) is 6.19. The molecule has 5 nitrogen and oxygen atoms in total. The van der Waals surface area contributed by atoms with Gasteiger partial charge in [0.05, 0.1) is 12.1 Å². The first-order chi connectivity index (χ1) is 10.7. The van der Waals surface area contributed by atoms with E-state index in [9.17, 15) is 4.79 Å². The van der Waals surface area contributed by atoms with E-state index in [-0.39, 0.29) is 30.4 Å². The van der Waals surface area contributed by atoms with Gasteiger partial charge in [-0.2, -0.15) is 5.10 Å². The van der Waals surface area contributed by atoms with Crippen LogP contribution in [0.4, 0.5) is 5.82 Å². The fourth-order valence-corrected chi connectivity index (χ4v) is 2.79. The number of nitrogens with one attached hydrogen (secondary N) is 2. The smallest absolute Gasteiger partial charge is 0.242 e. The lowest BCUT2D eigenvalue weighted by atomic mass is 10.0. The topological polar surface area (TPSA) is 59.0 Å². The van der Waals surface area contributed by atoms with E-state index in [1.54, 1.807) is 0 Å². The Labute approximate surface area is 142 Å². The first-order valence-corrected chi connectivity index (χ1v) is 7.88. The van der Waals surface area contributed by atoms with Crippen molar-refractivity contribution in [2.24, 2.45) is 0 Å². The molecule has 1 unspecified atom stereocenters. The van der Waals surface area contributed by atoms with Gasteiger partial charge in [0.15, 0.2) is 5.82 Å². The first-order valence-electron chi connectivity index (χ1n) is 7.88. The molecule has 2 aromatic rings. The lowest BCUT2D eigenvalue weighted by molar-refractivity contribution is -0.118. The number of nitrogens with zero attached hydrogens (tertiary/aromatic N) is 2. The van der Waals surface area contributed by atoms with Crippen LogP contribution in [0.15, 0.2) is 42.6 Å². The van der Waals surface area contributed by atoms with Crippen LogP contribution in [0.3, 0.4) is 0 Å². The highest BCUT2D eigenvalue weighted by Crippen LogP contribution is 2.18. The van der Waals surface area contributed by atoms with Gasteiger partial charge in [-0.1, -0.05) is 36.8 Å². The van der Waals surface area contributed by atoms with Crippen LogP contribution in [0.5, 0.6) is 0 Å². The summed E-state index contributed by atoms with van der Waals surface area (Å²) in [6, 6.07) is 12.1. The summed E-state index contributed by atoms with van der Waals surface area (Å²) < 4.78 is 1.87. The molecule has 23 heavy (non-hydrogen) atoms. The molecular weight excluding hydrogens is 312 g/mol. The molecule has 3 rings (SSSR count). The van der Waals surface area contributed by atoms with Gasteiger partial charge in [0, 0.05) is 12.3 Å². The summed E-state index contributed by atoms with van der Waals surface area (Å²) in [6.07, 6.45) is 5.05. The molecule has 1 aromatic heterocycles. The van der Waals surface area contributed by atoms with Crippen LogP contribution in [-0.2, 0) is 4.79 Å². The van der Waals surface area contributed by atoms with Gasteiger partial charge in [-0.05, 0) is 31.9 Å². The van der Waals surface area contributed by atoms with Crippen LogP contribution in [0.2, 0.25) is 0 Å². The second-order valence-corrected chi connectivity index (χ2v) is 5.76. The van der Waals surface area contributed by atoms with Crippen molar-refractivity contribution in [3.8, 4) is 0 Å². The van der Waals surface area contributed by atoms with E-state index in [1.165, 1.54) is 5.56 Å². The maximum absolute atomic E-state index is 12.2. The number of anilines is 1. The second-order valence-electron chi connectivity index (χ2n) is 5.76. The number of piperidine rings is 1. The number of hydrogen-bond donors (Lipinski definition) is 2. The van der Waals surface area contributed by atoms with Crippen molar-refractivity contribution in [2.75, 3.05) is 11.9 Å². The van der Waals surface area contributed by atoms with E-state index < -0.39 is 0 Å². The summed E-state index contributed by atoms with van der Waals surface area (Å²) in [5.41, 5.74) is 1.19. The molecule has 0 aliphatic carbocycles. The van der Waals surface area contributed by atoms with Crippen LogP contribution < -0.4 is 10.6 Å². The van der Waals surface area contributed by atoms with E-state index in [2.05, 4.69) is 34.8 Å². The molecule has 1 aliphatic rings. The van der Waals surface area contributed by atoms with Gasteiger partial charge in [-0.3, -0.25) is 9.48 Å². The molecule has 1 saturated heterocycles. The minimum absolute atomic E-state index is 0. The highest BCUT2D eigenvalue weighted by molar-refractivity contribution is 5.94. The summed E-state index contributed by atoms with van der Waals surface area (Å²) in [7, 11) is 0. The Bertz CT molecular complexity index is 623. The molecule has 6 heteroatoms. The van der Waals surface area contributed by atoms with Crippen molar-refractivity contribution in [3.63, 3.8) is 0 Å². The number of hydrogen-bond acceptors (Lipinski definition) is 3. The Balaban J connectivity index is 0.00000192. The average Bonchev–Trinajstić information content (AvgIpc) is 3.04. The van der Waals surface area contributed by atoms with Gasteiger partial charge in [0.1, 0.15) is 0 Å². The van der Waals surface area contributed by atoms with E-state index in [0.717, 1.165) is 25.8 Å². The van der Waals surface area contributed by atoms with Crippen molar-refractivity contribution in [1.29, 1.82) is 0 Å². The number of halogens is 1. The van der Waals surface area contributed by atoms with E-state index >= 15 is 0 Å². The molecule has 1 amide bonds. The molecule has 1 fully saturated rings. The third-order valence-corrected chi connectivity index (χ3v) is 4.17. The zero-order chi connectivity index (χ0) is 15.4. The van der Waals surface area contributed by atoms with Gasteiger partial charge < -0.3 is 10.6 Å². The van der Waals surface area contributed by atoms with Crippen LogP contribution in [0.25, 0.3) is 0 Å². The molecule has 0 radical (unpaired) electrons. The predicted molar refractivity (Wildman–Crippen MR) is 94.0 cm³/mol. The highest BCUT2D eigenvalue weighted by atomic mass is 35.5. The molecule has 0 saturated carbocycles. The van der Waals surface area contributed by atoms with Crippen molar-refractivity contribution >= 4 is 24.1 Å². The van der Waals surface area contributed by atoms with Crippen LogP contribution >= 0.6 is 12.4 Å². The zero-order valence-electron chi connectivity index (χ0n) is 13.2. The predicted octanol–water partition coefficient (Wildman–Crippen LogP) is 2.99. The molecular formula is C17H23ClN4O. The van der Waals surface area contributed by atoms with Crippen molar-refractivity contribution < 1.29 is 4.79 Å². The Morgan fingerprint density at radius 1 is 1.30 bits per heavy atom. The summed E-state index contributed by atoms with van der Waals surface area (Å²) in [5.74, 6) is 0.623. The summed E-state index contributed by atoms with van der Waals surface area (Å²) >= 11 is 0. The van der Waals surface area contributed by atoms with E-state index in [4.69, 9.17) is 0 Å². The van der Waals surface area contributed by atoms with Gasteiger partial charge >= 0.3 is 0 Å². The Morgan fingerprint density at radius 3 is 2.78 bits per heavy atom. The molecule has 1 aliphatic heterocycles. The lowest BCUT2D eigenvalue weighted by Crippen LogP contribution is -2.43. The fourth-order valence-electron chi connectivity index (χ4n) is 2.79. The van der Waals surface area contributed by atoms with E-state index in [0.29, 0.717) is 5.82 Å². The third kappa shape index (κ3) is 4.33. The zero-order valence-corrected chi connectivity index (χ0v) is 14.1. The van der Waals surface area contributed by atoms with Gasteiger partial charge in [-0.15, -0.1) is 12.4 Å². The highest BCUT2D eigenvalue weighted by Gasteiger charge is 2.21. The van der Waals surface area contributed by atoms with Crippen molar-refractivity contribution in [2.45, 2.75) is 38.3 Å². The SMILES string of the molecule is CC(c1ccccc1)n1ccc(NC(=O)[C@@H]2CCCCN2)n1.Cl. The fraction of sp³-hybridized carbons (Fsp3) is 0.412. The van der Waals surface area contributed by atoms with Crippen molar-refractivity contribution in [1.82, 2.24) is 15.1 Å². The second kappa shape index (κ2) is 8.13. The van der Waals surface area contributed by atoms with Gasteiger partial charge in [0.25, 0.3) is 0 Å². The van der Waals surface area contributed by atoms with Crippen molar-refractivity contribution in [3.05, 3.63) is 48.2 Å². The van der Waals surface area contributed by atoms with Crippen LogP contribution in [-0.4, -0.2) is 28.3 Å². The number of carbonyl (C=O) groups is 1. The van der Waals surface area contributed by atoms with Crippen LogP contribution in [0, 0.1) is 0 Å². The average molecular weight is 335 g/mol. The molecule has 2 N–H and O–H groups in total. The lowest BCUT2D eigenvalue weighted by Gasteiger charge is -2.21. The summed E-state index contributed by atoms with van der Waals surface area (Å²) in [6.45, 7) is 3.01. The monoisotopic (exact) mass is 334 g/mol. The summed E-state index contributed by atoms with van der Waals surface area (Å²) in [5, 5.41) is 10.6. The first kappa shape index (κ1) is 17.5. The molecule has 0 bridgehead atoms. The molecule has 124 valence electrons.